The third-order valence-corrected chi connectivity index (χ3v) is 4.29. The number of amides is 1. The zero-order chi connectivity index (χ0) is 15.6. The topological polar surface area (TPSA) is 101 Å². The SMILES string of the molecule is O=C(O)[C@H]1CCCCN1C(=O)c1cccc([N+](=O)[O-])c1Br. The van der Waals surface area contributed by atoms with E-state index in [0.717, 1.165) is 12.8 Å². The van der Waals surface area contributed by atoms with E-state index in [1.165, 1.54) is 23.1 Å². The Balaban J connectivity index is 2.37. The van der Waals surface area contributed by atoms with Crippen LogP contribution in [-0.2, 0) is 4.79 Å². The summed E-state index contributed by atoms with van der Waals surface area (Å²) in [5, 5.41) is 20.1. The summed E-state index contributed by atoms with van der Waals surface area (Å²) in [6.07, 6.45) is 1.87. The first-order valence-electron chi connectivity index (χ1n) is 6.40. The van der Waals surface area contributed by atoms with Crippen LogP contribution in [0, 0.1) is 10.1 Å². The van der Waals surface area contributed by atoms with Crippen LogP contribution in [0.1, 0.15) is 29.6 Å². The van der Waals surface area contributed by atoms with Gasteiger partial charge in [-0.1, -0.05) is 6.07 Å². The quantitative estimate of drug-likeness (QED) is 0.661. The van der Waals surface area contributed by atoms with Crippen molar-refractivity contribution in [2.45, 2.75) is 25.3 Å². The van der Waals surface area contributed by atoms with E-state index in [2.05, 4.69) is 15.9 Å². The maximum absolute atomic E-state index is 12.5. The number of nitro groups is 1. The molecule has 0 aliphatic carbocycles. The van der Waals surface area contributed by atoms with E-state index in [-0.39, 0.29) is 15.7 Å². The van der Waals surface area contributed by atoms with Crippen molar-refractivity contribution in [1.29, 1.82) is 0 Å². The van der Waals surface area contributed by atoms with E-state index < -0.39 is 22.8 Å². The van der Waals surface area contributed by atoms with Crippen LogP contribution < -0.4 is 0 Å². The Bertz CT molecular complexity index is 604. The molecule has 1 atom stereocenters. The molecule has 2 rings (SSSR count). The number of likely N-dealkylation sites (tertiary alicyclic amines) is 1. The van der Waals surface area contributed by atoms with E-state index >= 15 is 0 Å². The lowest BCUT2D eigenvalue weighted by Crippen LogP contribution is -2.48. The van der Waals surface area contributed by atoms with Crippen LogP contribution >= 0.6 is 15.9 Å². The number of halogens is 1. The van der Waals surface area contributed by atoms with Crippen LogP contribution in [0.15, 0.2) is 22.7 Å². The van der Waals surface area contributed by atoms with Gasteiger partial charge in [0.15, 0.2) is 0 Å². The standard InChI is InChI=1S/C13H13BrN2O5/c14-11-8(4-3-6-9(11)16(20)21)12(17)15-7-2-1-5-10(15)13(18)19/h3-4,6,10H,1-2,5,7H2,(H,18,19)/t10-/m1/s1. The Morgan fingerprint density at radius 2 is 2.10 bits per heavy atom. The highest BCUT2D eigenvalue weighted by Gasteiger charge is 2.34. The van der Waals surface area contributed by atoms with Crippen molar-refractivity contribution in [3.8, 4) is 0 Å². The highest BCUT2D eigenvalue weighted by molar-refractivity contribution is 9.10. The molecule has 1 fully saturated rings. The summed E-state index contributed by atoms with van der Waals surface area (Å²) in [6.45, 7) is 0.338. The summed E-state index contributed by atoms with van der Waals surface area (Å²) < 4.78 is 0.0784. The monoisotopic (exact) mass is 356 g/mol. The number of hydrogen-bond acceptors (Lipinski definition) is 4. The summed E-state index contributed by atoms with van der Waals surface area (Å²) >= 11 is 3.07. The molecule has 1 aliphatic rings. The fourth-order valence-electron chi connectivity index (χ4n) is 2.41. The summed E-state index contributed by atoms with van der Waals surface area (Å²) in [5.41, 5.74) is -0.109. The first-order chi connectivity index (χ1) is 9.93. The molecule has 0 unspecified atom stereocenters. The van der Waals surface area contributed by atoms with Gasteiger partial charge in [-0.15, -0.1) is 0 Å². The summed E-state index contributed by atoms with van der Waals surface area (Å²) in [5.74, 6) is -1.55. The number of hydrogen-bond donors (Lipinski definition) is 1. The lowest BCUT2D eigenvalue weighted by atomic mass is 10.0. The van der Waals surface area contributed by atoms with Crippen molar-refractivity contribution in [1.82, 2.24) is 4.90 Å². The minimum atomic E-state index is -1.05. The summed E-state index contributed by atoms with van der Waals surface area (Å²) in [4.78, 5) is 35.4. The average Bonchev–Trinajstić information content (AvgIpc) is 2.46. The molecule has 1 aromatic carbocycles. The molecule has 21 heavy (non-hydrogen) atoms. The van der Waals surface area contributed by atoms with Gasteiger partial charge in [0, 0.05) is 12.6 Å². The number of carbonyl (C=O) groups is 2. The normalized spacial score (nSPS) is 18.3. The van der Waals surface area contributed by atoms with Crippen LogP contribution in [0.4, 0.5) is 5.69 Å². The fourth-order valence-corrected chi connectivity index (χ4v) is 2.99. The molecule has 0 bridgehead atoms. The molecule has 1 saturated heterocycles. The summed E-state index contributed by atoms with van der Waals surface area (Å²) in [6, 6.07) is 3.27. The molecular weight excluding hydrogens is 344 g/mol. The summed E-state index contributed by atoms with van der Waals surface area (Å²) in [7, 11) is 0. The molecule has 0 aromatic heterocycles. The lowest BCUT2D eigenvalue weighted by Gasteiger charge is -2.33. The molecule has 0 radical (unpaired) electrons. The van der Waals surface area contributed by atoms with E-state index in [4.69, 9.17) is 0 Å². The van der Waals surface area contributed by atoms with E-state index in [0.29, 0.717) is 13.0 Å². The van der Waals surface area contributed by atoms with Gasteiger partial charge in [0.25, 0.3) is 11.6 Å². The van der Waals surface area contributed by atoms with Gasteiger partial charge in [-0.05, 0) is 41.3 Å². The molecular formula is C13H13BrN2O5. The van der Waals surface area contributed by atoms with Gasteiger partial charge >= 0.3 is 5.97 Å². The number of carboxylic acid groups (broad SMARTS) is 1. The average molecular weight is 357 g/mol. The van der Waals surface area contributed by atoms with Gasteiger partial charge in [0.1, 0.15) is 10.5 Å². The Kier molecular flexibility index (Phi) is 4.56. The van der Waals surface area contributed by atoms with Crippen LogP contribution in [0.25, 0.3) is 0 Å². The lowest BCUT2D eigenvalue weighted by molar-refractivity contribution is -0.385. The predicted octanol–water partition coefficient (Wildman–Crippen LogP) is 2.44. The number of carbonyl (C=O) groups excluding carboxylic acids is 1. The van der Waals surface area contributed by atoms with Gasteiger partial charge in [0.05, 0.1) is 10.5 Å². The molecule has 1 aliphatic heterocycles. The maximum atomic E-state index is 12.5. The van der Waals surface area contributed by atoms with Gasteiger partial charge in [0.2, 0.25) is 0 Å². The van der Waals surface area contributed by atoms with Crippen LogP contribution in [0.5, 0.6) is 0 Å². The second kappa shape index (κ2) is 6.21. The zero-order valence-corrected chi connectivity index (χ0v) is 12.6. The highest BCUT2D eigenvalue weighted by atomic mass is 79.9. The first-order valence-corrected chi connectivity index (χ1v) is 7.19. The number of aliphatic carboxylic acids is 1. The van der Waals surface area contributed by atoms with Crippen molar-refractivity contribution in [3.63, 3.8) is 0 Å². The van der Waals surface area contributed by atoms with Gasteiger partial charge in [-0.2, -0.15) is 0 Å². The van der Waals surface area contributed by atoms with Crippen molar-refractivity contribution < 1.29 is 19.6 Å². The molecule has 1 N–H and O–H groups in total. The van der Waals surface area contributed by atoms with Crippen molar-refractivity contribution in [2.75, 3.05) is 6.54 Å². The van der Waals surface area contributed by atoms with Crippen LogP contribution in [0.3, 0.4) is 0 Å². The smallest absolute Gasteiger partial charge is 0.326 e. The maximum Gasteiger partial charge on any atom is 0.326 e. The zero-order valence-electron chi connectivity index (χ0n) is 11.0. The Labute approximate surface area is 128 Å². The molecule has 1 aromatic rings. The number of nitrogens with zero attached hydrogens (tertiary/aromatic N) is 2. The van der Waals surface area contributed by atoms with Crippen molar-refractivity contribution in [2.24, 2.45) is 0 Å². The molecule has 112 valence electrons. The Morgan fingerprint density at radius 1 is 1.38 bits per heavy atom. The molecule has 1 amide bonds. The number of carboxylic acids is 1. The number of nitro benzene ring substituents is 1. The Hall–Kier alpha value is -1.96. The second-order valence-electron chi connectivity index (χ2n) is 4.74. The molecule has 1 heterocycles. The van der Waals surface area contributed by atoms with Crippen LogP contribution in [0.2, 0.25) is 0 Å². The minimum Gasteiger partial charge on any atom is -0.480 e. The van der Waals surface area contributed by atoms with E-state index in [1.807, 2.05) is 0 Å². The minimum absolute atomic E-state index is 0.0784. The number of rotatable bonds is 3. The molecule has 7 nitrogen and oxygen atoms in total. The molecule has 0 spiro atoms. The fraction of sp³-hybridized carbons (Fsp3) is 0.385. The first kappa shape index (κ1) is 15.4. The van der Waals surface area contributed by atoms with Gasteiger partial charge in [-0.3, -0.25) is 14.9 Å². The Morgan fingerprint density at radius 3 is 2.71 bits per heavy atom. The predicted molar refractivity (Wildman–Crippen MR) is 77.1 cm³/mol. The van der Waals surface area contributed by atoms with E-state index in [1.54, 1.807) is 0 Å². The third kappa shape index (κ3) is 3.05. The number of benzene rings is 1. The highest BCUT2D eigenvalue weighted by Crippen LogP contribution is 2.30. The van der Waals surface area contributed by atoms with Crippen LogP contribution in [-0.4, -0.2) is 39.4 Å². The number of piperidine rings is 1. The largest absolute Gasteiger partial charge is 0.480 e. The third-order valence-electron chi connectivity index (χ3n) is 3.45. The van der Waals surface area contributed by atoms with Gasteiger partial charge in [-0.25, -0.2) is 4.79 Å². The molecule has 8 heteroatoms. The van der Waals surface area contributed by atoms with Crippen molar-refractivity contribution in [3.05, 3.63) is 38.3 Å². The van der Waals surface area contributed by atoms with Gasteiger partial charge < -0.3 is 10.0 Å². The van der Waals surface area contributed by atoms with E-state index in [9.17, 15) is 24.8 Å². The molecule has 0 saturated carbocycles. The van der Waals surface area contributed by atoms with Crippen molar-refractivity contribution >= 4 is 33.5 Å². The second-order valence-corrected chi connectivity index (χ2v) is 5.54.